The SMILES string of the molecule is C=CC(C)=NC1CCN(C(=O)C(C)CCCCC)CC1. The van der Waals surface area contributed by atoms with Gasteiger partial charge in [0.05, 0.1) is 6.04 Å². The first-order chi connectivity index (χ1) is 9.58. The molecule has 0 aliphatic carbocycles. The highest BCUT2D eigenvalue weighted by Crippen LogP contribution is 2.18. The van der Waals surface area contributed by atoms with Crippen molar-refractivity contribution >= 4 is 11.6 Å². The molecule has 0 N–H and O–H groups in total. The minimum Gasteiger partial charge on any atom is -0.342 e. The van der Waals surface area contributed by atoms with Gasteiger partial charge in [0.15, 0.2) is 0 Å². The minimum atomic E-state index is 0.177. The zero-order valence-electron chi connectivity index (χ0n) is 13.4. The lowest BCUT2D eigenvalue weighted by molar-refractivity contribution is -0.136. The van der Waals surface area contributed by atoms with Crippen molar-refractivity contribution in [1.82, 2.24) is 4.90 Å². The third kappa shape index (κ3) is 5.48. The number of hydrogen-bond donors (Lipinski definition) is 0. The largest absolute Gasteiger partial charge is 0.342 e. The molecule has 3 nitrogen and oxygen atoms in total. The molecule has 1 amide bonds. The molecule has 1 rings (SSSR count). The second-order valence-electron chi connectivity index (χ2n) is 5.93. The van der Waals surface area contributed by atoms with Crippen LogP contribution in [0.5, 0.6) is 0 Å². The van der Waals surface area contributed by atoms with Gasteiger partial charge in [-0.25, -0.2) is 0 Å². The van der Waals surface area contributed by atoms with E-state index in [1.54, 1.807) is 6.08 Å². The van der Waals surface area contributed by atoms with Gasteiger partial charge in [0.2, 0.25) is 5.91 Å². The number of allylic oxidation sites excluding steroid dienone is 1. The molecule has 1 heterocycles. The predicted octanol–water partition coefficient (Wildman–Crippen LogP) is 3.84. The van der Waals surface area contributed by atoms with Crippen LogP contribution in [0.4, 0.5) is 0 Å². The van der Waals surface area contributed by atoms with Crippen molar-refractivity contribution in [3.05, 3.63) is 12.7 Å². The summed E-state index contributed by atoms with van der Waals surface area (Å²) in [6, 6.07) is 0.368. The Bertz CT molecular complexity index is 341. The Morgan fingerprint density at radius 1 is 1.40 bits per heavy atom. The third-order valence-electron chi connectivity index (χ3n) is 4.12. The maximum atomic E-state index is 12.4. The first-order valence-corrected chi connectivity index (χ1v) is 8.04. The van der Waals surface area contributed by atoms with Crippen molar-refractivity contribution in [1.29, 1.82) is 0 Å². The summed E-state index contributed by atoms with van der Waals surface area (Å²) in [5.41, 5.74) is 1.00. The number of rotatable bonds is 7. The van der Waals surface area contributed by atoms with Crippen LogP contribution in [0.1, 0.15) is 59.3 Å². The number of unbranched alkanes of at least 4 members (excludes halogenated alkanes) is 2. The lowest BCUT2D eigenvalue weighted by Gasteiger charge is -2.32. The monoisotopic (exact) mass is 278 g/mol. The van der Waals surface area contributed by atoms with Crippen LogP contribution in [0.2, 0.25) is 0 Å². The van der Waals surface area contributed by atoms with Crippen LogP contribution >= 0.6 is 0 Å². The summed E-state index contributed by atoms with van der Waals surface area (Å²) in [5.74, 6) is 0.514. The predicted molar refractivity (Wildman–Crippen MR) is 86.2 cm³/mol. The van der Waals surface area contributed by atoms with Crippen LogP contribution < -0.4 is 0 Å². The number of carbonyl (C=O) groups is 1. The maximum Gasteiger partial charge on any atom is 0.225 e. The Kier molecular flexibility index (Phi) is 7.56. The van der Waals surface area contributed by atoms with E-state index in [0.717, 1.165) is 38.1 Å². The molecule has 0 spiro atoms. The molecule has 1 fully saturated rings. The van der Waals surface area contributed by atoms with Gasteiger partial charge in [-0.1, -0.05) is 39.7 Å². The fourth-order valence-electron chi connectivity index (χ4n) is 2.69. The minimum absolute atomic E-state index is 0.177. The Morgan fingerprint density at radius 3 is 2.60 bits per heavy atom. The fraction of sp³-hybridized carbons (Fsp3) is 0.765. The van der Waals surface area contributed by atoms with E-state index in [0.29, 0.717) is 11.9 Å². The first kappa shape index (κ1) is 16.9. The third-order valence-corrected chi connectivity index (χ3v) is 4.12. The standard InChI is InChI=1S/C17H30N2O/c1-5-7-8-9-14(3)17(20)19-12-10-16(11-13-19)18-15(4)6-2/h6,14,16H,2,5,7-13H2,1,3-4H3. The van der Waals surface area contributed by atoms with Gasteiger partial charge in [-0.2, -0.15) is 0 Å². The fourth-order valence-corrected chi connectivity index (χ4v) is 2.69. The van der Waals surface area contributed by atoms with Gasteiger partial charge in [-0.3, -0.25) is 9.79 Å². The van der Waals surface area contributed by atoms with Crippen molar-refractivity contribution < 1.29 is 4.79 Å². The molecule has 0 aromatic carbocycles. The molecule has 0 saturated carbocycles. The molecule has 0 aromatic heterocycles. The normalized spacial score (nSPS) is 18.9. The summed E-state index contributed by atoms with van der Waals surface area (Å²) in [4.78, 5) is 19.0. The van der Waals surface area contributed by atoms with Crippen LogP contribution in [-0.4, -0.2) is 35.7 Å². The number of hydrogen-bond acceptors (Lipinski definition) is 2. The average Bonchev–Trinajstić information content (AvgIpc) is 2.47. The topological polar surface area (TPSA) is 32.7 Å². The molecule has 1 saturated heterocycles. The summed E-state index contributed by atoms with van der Waals surface area (Å²) >= 11 is 0. The number of amides is 1. The molecule has 1 atom stereocenters. The molecule has 0 radical (unpaired) electrons. The van der Waals surface area contributed by atoms with Gasteiger partial charge in [0.25, 0.3) is 0 Å². The molecule has 20 heavy (non-hydrogen) atoms. The Morgan fingerprint density at radius 2 is 2.05 bits per heavy atom. The van der Waals surface area contributed by atoms with E-state index >= 15 is 0 Å². The van der Waals surface area contributed by atoms with Crippen molar-refractivity contribution in [3.63, 3.8) is 0 Å². The molecule has 1 aliphatic rings. The Balaban J connectivity index is 2.36. The highest BCUT2D eigenvalue weighted by atomic mass is 16.2. The van der Waals surface area contributed by atoms with E-state index in [1.807, 2.05) is 11.8 Å². The molecule has 0 aromatic rings. The van der Waals surface area contributed by atoms with Gasteiger partial charge in [-0.15, -0.1) is 0 Å². The highest BCUT2D eigenvalue weighted by molar-refractivity contribution is 5.92. The lowest BCUT2D eigenvalue weighted by Crippen LogP contribution is -2.42. The Labute approximate surface area is 124 Å². The van der Waals surface area contributed by atoms with Gasteiger partial charge < -0.3 is 4.90 Å². The van der Waals surface area contributed by atoms with Crippen LogP contribution in [-0.2, 0) is 4.79 Å². The zero-order chi connectivity index (χ0) is 15.0. The van der Waals surface area contributed by atoms with Gasteiger partial charge in [0, 0.05) is 24.7 Å². The molecule has 114 valence electrons. The van der Waals surface area contributed by atoms with Crippen molar-refractivity contribution in [2.75, 3.05) is 13.1 Å². The van der Waals surface area contributed by atoms with Crippen molar-refractivity contribution in [2.24, 2.45) is 10.9 Å². The second-order valence-corrected chi connectivity index (χ2v) is 5.93. The summed E-state index contributed by atoms with van der Waals surface area (Å²) in [6.45, 7) is 11.7. The van der Waals surface area contributed by atoms with Crippen LogP contribution in [0.15, 0.2) is 17.6 Å². The van der Waals surface area contributed by atoms with Gasteiger partial charge >= 0.3 is 0 Å². The van der Waals surface area contributed by atoms with E-state index in [4.69, 9.17) is 0 Å². The Hall–Kier alpha value is -1.12. The molecular weight excluding hydrogens is 248 g/mol. The summed E-state index contributed by atoms with van der Waals surface area (Å²) in [5, 5.41) is 0. The average molecular weight is 278 g/mol. The summed E-state index contributed by atoms with van der Waals surface area (Å²) < 4.78 is 0. The van der Waals surface area contributed by atoms with Crippen LogP contribution in [0.25, 0.3) is 0 Å². The number of nitrogens with zero attached hydrogens (tertiary/aromatic N) is 2. The number of piperidine rings is 1. The second kappa shape index (κ2) is 8.93. The molecule has 1 unspecified atom stereocenters. The van der Waals surface area contributed by atoms with E-state index in [-0.39, 0.29) is 5.92 Å². The molecule has 0 bridgehead atoms. The van der Waals surface area contributed by atoms with E-state index < -0.39 is 0 Å². The number of aliphatic imine (C=N–C) groups is 1. The molecule has 3 heteroatoms. The van der Waals surface area contributed by atoms with Crippen molar-refractivity contribution in [2.45, 2.75) is 65.3 Å². The molecule has 1 aliphatic heterocycles. The summed E-state index contributed by atoms with van der Waals surface area (Å²) in [6.07, 6.45) is 8.41. The lowest BCUT2D eigenvalue weighted by atomic mass is 9.99. The van der Waals surface area contributed by atoms with Gasteiger partial charge in [-0.05, 0) is 32.3 Å². The quantitative estimate of drug-likeness (QED) is 0.514. The van der Waals surface area contributed by atoms with Crippen LogP contribution in [0, 0.1) is 5.92 Å². The van der Waals surface area contributed by atoms with Gasteiger partial charge in [0.1, 0.15) is 0 Å². The zero-order valence-corrected chi connectivity index (χ0v) is 13.4. The van der Waals surface area contributed by atoms with Crippen LogP contribution in [0.3, 0.4) is 0 Å². The maximum absolute atomic E-state index is 12.4. The smallest absolute Gasteiger partial charge is 0.225 e. The first-order valence-electron chi connectivity index (χ1n) is 8.04. The highest BCUT2D eigenvalue weighted by Gasteiger charge is 2.25. The van der Waals surface area contributed by atoms with E-state index in [9.17, 15) is 4.79 Å². The number of likely N-dealkylation sites (tertiary alicyclic amines) is 1. The van der Waals surface area contributed by atoms with E-state index in [1.165, 1.54) is 19.3 Å². The van der Waals surface area contributed by atoms with E-state index in [2.05, 4.69) is 25.4 Å². The number of carbonyl (C=O) groups excluding carboxylic acids is 1. The van der Waals surface area contributed by atoms with Crippen molar-refractivity contribution in [3.8, 4) is 0 Å². The summed E-state index contributed by atoms with van der Waals surface area (Å²) in [7, 11) is 0. The molecular formula is C17H30N2O.